The minimum Gasteiger partial charge on any atom is -0.416 e. The van der Waals surface area contributed by atoms with Gasteiger partial charge in [0.15, 0.2) is 0 Å². The molecule has 120 valence electrons. The predicted molar refractivity (Wildman–Crippen MR) is 57.6 cm³/mol. The monoisotopic (exact) mass is 376 g/mol. The minimum absolute atomic E-state index is 1.99. The van der Waals surface area contributed by atoms with Crippen molar-refractivity contribution in [2.75, 3.05) is 0 Å². The van der Waals surface area contributed by atoms with Gasteiger partial charge >= 0.3 is 14.5 Å². The van der Waals surface area contributed by atoms with Crippen LogP contribution in [0.4, 0.5) is 22.0 Å². The molecule has 1 rings (SSSR count). The maximum atomic E-state index is 13.2. The number of hydrogen-bond acceptors (Lipinski definition) is 5. The van der Waals surface area contributed by atoms with Gasteiger partial charge in [0, 0.05) is 11.8 Å². The summed E-state index contributed by atoms with van der Waals surface area (Å²) in [5.41, 5.74) is 0. The largest absolute Gasteiger partial charge is 0.497 e. The minimum atomic E-state index is -5.31. The van der Waals surface area contributed by atoms with E-state index in [9.17, 15) is 31.4 Å². The molecule has 0 fully saturated rings. The Morgan fingerprint density at radius 3 is 1.57 bits per heavy atom. The summed E-state index contributed by atoms with van der Waals surface area (Å²) in [6.07, 6.45) is 0. The van der Waals surface area contributed by atoms with Gasteiger partial charge in [0.25, 0.3) is 0 Å². The summed E-state index contributed by atoms with van der Waals surface area (Å²) in [6, 6.07) is 0. The molecule has 0 aliphatic rings. The normalized spacial score (nSPS) is 14.9. The Morgan fingerprint density at radius 1 is 0.810 bits per heavy atom. The van der Waals surface area contributed by atoms with Crippen LogP contribution in [0.2, 0.25) is 0 Å². The van der Waals surface area contributed by atoms with E-state index in [0.29, 0.717) is 0 Å². The number of halogens is 5. The number of rotatable bonds is 5. The molecule has 0 aromatic heterocycles. The molecule has 0 saturated carbocycles. The molecule has 0 bridgehead atoms. The van der Waals surface area contributed by atoms with Gasteiger partial charge < -0.3 is 19.2 Å². The lowest BCUT2D eigenvalue weighted by molar-refractivity contribution is -0.131. The van der Waals surface area contributed by atoms with Gasteiger partial charge in [-0.2, -0.15) is 8.78 Å². The van der Waals surface area contributed by atoms with Crippen LogP contribution in [0.25, 0.3) is 0 Å². The van der Waals surface area contributed by atoms with Crippen molar-refractivity contribution in [2.45, 2.75) is 0 Å². The third-order valence-electron chi connectivity index (χ3n) is 1.60. The van der Waals surface area contributed by atoms with Crippen molar-refractivity contribution in [1.29, 1.82) is 0 Å². The molecule has 0 aliphatic heterocycles. The average molecular weight is 376 g/mol. The van der Waals surface area contributed by atoms with Gasteiger partial charge in [-0.15, -0.1) is 9.35 Å². The molecular formula is C6H3F5O7P2S. The van der Waals surface area contributed by atoms with Crippen LogP contribution in [0.5, 0.6) is 5.75 Å². The third kappa shape index (κ3) is 4.66. The fraction of sp³-hybridized carbons (Fsp3) is 0. The smallest absolute Gasteiger partial charge is 0.416 e. The molecule has 0 radical (unpaired) electrons. The van der Waals surface area contributed by atoms with Crippen molar-refractivity contribution in [3.63, 3.8) is 0 Å². The Bertz CT molecular complexity index is 634. The molecule has 7 nitrogen and oxygen atoms in total. The lowest BCUT2D eigenvalue weighted by Gasteiger charge is -2.16. The Balaban J connectivity index is 3.14. The lowest BCUT2D eigenvalue weighted by atomic mass is 10.3. The first-order valence-corrected chi connectivity index (χ1v) is 8.45. The zero-order valence-electron chi connectivity index (χ0n) is 9.17. The van der Waals surface area contributed by atoms with E-state index in [1.807, 2.05) is 0 Å². The highest BCUT2D eigenvalue weighted by molar-refractivity contribution is 8.07. The Hall–Kier alpha value is -0.650. The molecule has 0 amide bonds. The summed E-state index contributed by atoms with van der Waals surface area (Å²) in [5.74, 6) is -14.2. The molecule has 1 aromatic rings. The fourth-order valence-electron chi connectivity index (χ4n) is 0.881. The number of phosphoric acid groups is 1. The van der Waals surface area contributed by atoms with Gasteiger partial charge in [-0.3, -0.25) is 0 Å². The van der Waals surface area contributed by atoms with Crippen LogP contribution < -0.4 is 4.52 Å². The zero-order chi connectivity index (χ0) is 16.6. The van der Waals surface area contributed by atoms with Crippen molar-refractivity contribution in [3.8, 4) is 5.75 Å². The SMILES string of the molecule is O=P(O)(O)OOP(O)(=S)Oc1c(F)c(F)c(F)c(F)c1F. The first kappa shape index (κ1) is 18.4. The second-order valence-electron chi connectivity index (χ2n) is 3.10. The standard InChI is InChI=1S/C6H3F5O7P2S/c7-1-2(8)4(10)6(5(11)3(1)9)16-20(15,21)18-17-19(12,13)14/h(H,15,21)(H2,12,13,14). The number of hydrogen-bond donors (Lipinski definition) is 3. The van der Waals surface area contributed by atoms with Crippen LogP contribution >= 0.6 is 14.5 Å². The van der Waals surface area contributed by atoms with E-state index >= 15 is 0 Å². The molecule has 0 aliphatic carbocycles. The number of benzene rings is 1. The quantitative estimate of drug-likeness (QED) is 0.179. The van der Waals surface area contributed by atoms with Crippen molar-refractivity contribution < 1.29 is 55.1 Å². The van der Waals surface area contributed by atoms with Crippen LogP contribution in [0, 0.1) is 29.1 Å². The summed E-state index contributed by atoms with van der Waals surface area (Å²) in [4.78, 5) is 25.6. The summed E-state index contributed by atoms with van der Waals surface area (Å²) in [7, 11) is -5.31. The molecule has 1 unspecified atom stereocenters. The molecule has 0 spiro atoms. The first-order valence-electron chi connectivity index (χ1n) is 4.33. The highest BCUT2D eigenvalue weighted by Crippen LogP contribution is 2.51. The molecule has 3 N–H and O–H groups in total. The topological polar surface area (TPSA) is 105 Å². The van der Waals surface area contributed by atoms with Gasteiger partial charge in [0.2, 0.25) is 34.8 Å². The maximum Gasteiger partial charge on any atom is 0.497 e. The molecule has 1 aromatic carbocycles. The van der Waals surface area contributed by atoms with E-state index in [1.165, 1.54) is 0 Å². The molecule has 1 atom stereocenters. The van der Waals surface area contributed by atoms with Crippen molar-refractivity contribution in [1.82, 2.24) is 0 Å². The zero-order valence-corrected chi connectivity index (χ0v) is 11.8. The van der Waals surface area contributed by atoms with E-state index in [2.05, 4.69) is 25.7 Å². The van der Waals surface area contributed by atoms with Crippen LogP contribution in [0.3, 0.4) is 0 Å². The van der Waals surface area contributed by atoms with Crippen LogP contribution in [0.15, 0.2) is 0 Å². The Morgan fingerprint density at radius 2 is 1.19 bits per heavy atom. The Kier molecular flexibility index (Phi) is 5.45. The van der Waals surface area contributed by atoms with Gasteiger partial charge in [0.1, 0.15) is 0 Å². The van der Waals surface area contributed by atoms with E-state index in [0.717, 1.165) is 0 Å². The highest BCUT2D eigenvalue weighted by Gasteiger charge is 2.33. The van der Waals surface area contributed by atoms with Crippen LogP contribution in [-0.4, -0.2) is 14.7 Å². The van der Waals surface area contributed by atoms with Crippen LogP contribution in [-0.2, 0) is 25.7 Å². The molecule has 0 saturated heterocycles. The average Bonchev–Trinajstić information content (AvgIpc) is 2.36. The predicted octanol–water partition coefficient (Wildman–Crippen LogP) is 2.02. The van der Waals surface area contributed by atoms with Crippen molar-refractivity contribution in [2.24, 2.45) is 0 Å². The van der Waals surface area contributed by atoms with Gasteiger partial charge in [-0.1, -0.05) is 0 Å². The van der Waals surface area contributed by atoms with Gasteiger partial charge in [-0.05, 0) is 0 Å². The second kappa shape index (κ2) is 6.23. The summed E-state index contributed by atoms with van der Waals surface area (Å²) in [6.45, 7) is -4.94. The second-order valence-corrected chi connectivity index (χ2v) is 6.88. The summed E-state index contributed by atoms with van der Waals surface area (Å²) >= 11 is 4.01. The van der Waals surface area contributed by atoms with Crippen LogP contribution in [0.1, 0.15) is 0 Å². The fourth-order valence-corrected chi connectivity index (χ4v) is 2.46. The van der Waals surface area contributed by atoms with Crippen molar-refractivity contribution in [3.05, 3.63) is 29.1 Å². The molecule has 15 heteroatoms. The lowest BCUT2D eigenvalue weighted by Crippen LogP contribution is -2.07. The van der Waals surface area contributed by atoms with E-state index in [4.69, 9.17) is 9.79 Å². The molecule has 0 heterocycles. The molecule has 21 heavy (non-hydrogen) atoms. The van der Waals surface area contributed by atoms with Gasteiger partial charge in [-0.25, -0.2) is 17.7 Å². The van der Waals surface area contributed by atoms with E-state index < -0.39 is 49.4 Å². The third-order valence-corrected chi connectivity index (χ3v) is 3.07. The highest BCUT2D eigenvalue weighted by atomic mass is 32.5. The maximum absolute atomic E-state index is 13.2. The summed E-state index contributed by atoms with van der Waals surface area (Å²) in [5, 5.41) is 0. The summed E-state index contributed by atoms with van der Waals surface area (Å²) < 4.78 is 85.6. The van der Waals surface area contributed by atoms with Crippen molar-refractivity contribution >= 4 is 26.3 Å². The first-order chi connectivity index (χ1) is 9.36. The Labute approximate surface area is 117 Å². The van der Waals surface area contributed by atoms with Gasteiger partial charge in [0.05, 0.1) is 0 Å². The van der Waals surface area contributed by atoms with E-state index in [-0.39, 0.29) is 0 Å². The van der Waals surface area contributed by atoms with E-state index in [1.54, 1.807) is 0 Å². The molecular weight excluding hydrogens is 373 g/mol.